The van der Waals surface area contributed by atoms with E-state index in [0.717, 1.165) is 5.56 Å². The third-order valence-electron chi connectivity index (χ3n) is 3.92. The van der Waals surface area contributed by atoms with Crippen LogP contribution in [0.25, 0.3) is 0 Å². The maximum Gasteiger partial charge on any atom is 0.413 e. The number of benzene rings is 2. The molecule has 32 heavy (non-hydrogen) atoms. The maximum atomic E-state index is 12.2. The fourth-order valence-corrected chi connectivity index (χ4v) is 2.61. The molecule has 3 rings (SSSR count). The number of carbonyl (C=O) groups excluding carboxylic acids is 2. The molecule has 166 valence electrons. The Hall–Kier alpha value is -4.07. The first-order chi connectivity index (χ1) is 15.3. The van der Waals surface area contributed by atoms with Gasteiger partial charge in [0.2, 0.25) is 0 Å². The molecule has 0 fully saturated rings. The van der Waals surface area contributed by atoms with Crippen LogP contribution in [0, 0.1) is 0 Å². The highest BCUT2D eigenvalue weighted by molar-refractivity contribution is 5.87. The SMILES string of the molecule is CC(C)(C)OC(=O)Nc1cc(Oc2ccccc2NC(=O)OCc2ccccc2)ccn1. The molecular weight excluding hydrogens is 410 g/mol. The fourth-order valence-electron chi connectivity index (χ4n) is 2.61. The lowest BCUT2D eigenvalue weighted by Gasteiger charge is -2.19. The van der Waals surface area contributed by atoms with Gasteiger partial charge >= 0.3 is 12.2 Å². The van der Waals surface area contributed by atoms with Gasteiger partial charge in [0, 0.05) is 12.3 Å². The van der Waals surface area contributed by atoms with Gasteiger partial charge in [0.15, 0.2) is 5.75 Å². The largest absolute Gasteiger partial charge is 0.455 e. The Bertz CT molecular complexity index is 1060. The van der Waals surface area contributed by atoms with Crippen LogP contribution in [0.5, 0.6) is 11.5 Å². The van der Waals surface area contributed by atoms with Crippen LogP contribution in [0.15, 0.2) is 72.9 Å². The van der Waals surface area contributed by atoms with Gasteiger partial charge in [-0.25, -0.2) is 14.6 Å². The molecule has 0 aliphatic rings. The lowest BCUT2D eigenvalue weighted by molar-refractivity contribution is 0.0635. The molecule has 8 heteroatoms. The lowest BCUT2D eigenvalue weighted by atomic mass is 10.2. The van der Waals surface area contributed by atoms with Crippen LogP contribution in [-0.4, -0.2) is 22.8 Å². The van der Waals surface area contributed by atoms with Gasteiger partial charge < -0.3 is 14.2 Å². The van der Waals surface area contributed by atoms with Crippen molar-refractivity contribution in [3.05, 3.63) is 78.5 Å². The number of aromatic nitrogens is 1. The summed E-state index contributed by atoms with van der Waals surface area (Å²) in [5, 5.41) is 5.24. The van der Waals surface area contributed by atoms with E-state index in [0.29, 0.717) is 17.2 Å². The van der Waals surface area contributed by atoms with Crippen molar-refractivity contribution in [2.45, 2.75) is 33.0 Å². The number of amides is 2. The second-order valence-corrected chi connectivity index (χ2v) is 7.79. The van der Waals surface area contributed by atoms with Gasteiger partial charge in [0.1, 0.15) is 23.8 Å². The summed E-state index contributed by atoms with van der Waals surface area (Å²) in [5.74, 6) is 1.08. The predicted octanol–water partition coefficient (Wildman–Crippen LogP) is 5.97. The van der Waals surface area contributed by atoms with Gasteiger partial charge in [-0.3, -0.25) is 10.6 Å². The van der Waals surface area contributed by atoms with Crippen LogP contribution in [-0.2, 0) is 16.1 Å². The molecule has 8 nitrogen and oxygen atoms in total. The van der Waals surface area contributed by atoms with E-state index >= 15 is 0 Å². The number of pyridine rings is 1. The Kier molecular flexibility index (Phi) is 7.28. The third-order valence-corrected chi connectivity index (χ3v) is 3.92. The first kappa shape index (κ1) is 22.6. The number of anilines is 2. The van der Waals surface area contributed by atoms with E-state index in [9.17, 15) is 9.59 Å². The van der Waals surface area contributed by atoms with E-state index in [4.69, 9.17) is 14.2 Å². The summed E-state index contributed by atoms with van der Waals surface area (Å²) < 4.78 is 16.4. The molecule has 0 spiro atoms. The number of hydrogen-bond donors (Lipinski definition) is 2. The predicted molar refractivity (Wildman–Crippen MR) is 121 cm³/mol. The molecule has 0 radical (unpaired) electrons. The summed E-state index contributed by atoms with van der Waals surface area (Å²) in [7, 11) is 0. The molecule has 2 amide bonds. The monoisotopic (exact) mass is 435 g/mol. The average molecular weight is 435 g/mol. The molecule has 0 saturated heterocycles. The quantitative estimate of drug-likeness (QED) is 0.495. The normalized spacial score (nSPS) is 10.7. The Morgan fingerprint density at radius 2 is 1.62 bits per heavy atom. The summed E-state index contributed by atoms with van der Waals surface area (Å²) in [5.41, 5.74) is 0.691. The van der Waals surface area contributed by atoms with E-state index < -0.39 is 17.8 Å². The summed E-state index contributed by atoms with van der Waals surface area (Å²) >= 11 is 0. The zero-order valence-corrected chi connectivity index (χ0v) is 18.1. The molecule has 0 bridgehead atoms. The van der Waals surface area contributed by atoms with Crippen molar-refractivity contribution in [3.63, 3.8) is 0 Å². The number of carbonyl (C=O) groups is 2. The number of nitrogens with one attached hydrogen (secondary N) is 2. The third kappa shape index (κ3) is 7.32. The van der Waals surface area contributed by atoms with Crippen LogP contribution in [0.3, 0.4) is 0 Å². The summed E-state index contributed by atoms with van der Waals surface area (Å²) in [6.45, 7) is 5.47. The molecule has 3 aromatic rings. The number of para-hydroxylation sites is 2. The minimum Gasteiger partial charge on any atom is -0.455 e. The van der Waals surface area contributed by atoms with Crippen molar-refractivity contribution in [1.82, 2.24) is 4.98 Å². The van der Waals surface area contributed by atoms with E-state index in [1.807, 2.05) is 30.3 Å². The number of rotatable bonds is 6. The number of hydrogen-bond acceptors (Lipinski definition) is 6. The molecule has 0 unspecified atom stereocenters. The van der Waals surface area contributed by atoms with Crippen molar-refractivity contribution in [3.8, 4) is 11.5 Å². The molecule has 0 aliphatic heterocycles. The van der Waals surface area contributed by atoms with Gasteiger partial charge in [-0.15, -0.1) is 0 Å². The molecule has 0 atom stereocenters. The molecule has 0 saturated carbocycles. The molecular formula is C24H25N3O5. The molecule has 2 N–H and O–H groups in total. The van der Waals surface area contributed by atoms with E-state index in [2.05, 4.69) is 15.6 Å². The van der Waals surface area contributed by atoms with Gasteiger partial charge in [-0.05, 0) is 44.5 Å². The molecule has 0 aliphatic carbocycles. The second kappa shape index (κ2) is 10.3. The van der Waals surface area contributed by atoms with Gasteiger partial charge in [0.25, 0.3) is 0 Å². The van der Waals surface area contributed by atoms with Gasteiger partial charge in [-0.2, -0.15) is 0 Å². The van der Waals surface area contributed by atoms with Crippen LogP contribution < -0.4 is 15.4 Å². The van der Waals surface area contributed by atoms with Crippen LogP contribution >= 0.6 is 0 Å². The van der Waals surface area contributed by atoms with Crippen molar-refractivity contribution in [2.24, 2.45) is 0 Å². The van der Waals surface area contributed by atoms with E-state index in [1.54, 1.807) is 57.2 Å². The van der Waals surface area contributed by atoms with Crippen molar-refractivity contribution in [2.75, 3.05) is 10.6 Å². The van der Waals surface area contributed by atoms with Crippen molar-refractivity contribution >= 4 is 23.7 Å². The van der Waals surface area contributed by atoms with Gasteiger partial charge in [0.05, 0.1) is 5.69 Å². The summed E-state index contributed by atoms with van der Waals surface area (Å²) in [6, 6.07) is 19.5. The first-order valence-electron chi connectivity index (χ1n) is 9.99. The zero-order valence-electron chi connectivity index (χ0n) is 18.1. The summed E-state index contributed by atoms with van der Waals surface area (Å²) in [6.07, 6.45) is 0.268. The average Bonchev–Trinajstić information content (AvgIpc) is 2.73. The minimum atomic E-state index is -0.627. The van der Waals surface area contributed by atoms with E-state index in [1.165, 1.54) is 6.20 Å². The Morgan fingerprint density at radius 3 is 2.38 bits per heavy atom. The number of nitrogens with zero attached hydrogens (tertiary/aromatic N) is 1. The molecule has 1 aromatic heterocycles. The number of ether oxygens (including phenoxy) is 3. The minimum absolute atomic E-state index is 0.153. The van der Waals surface area contributed by atoms with Gasteiger partial charge in [-0.1, -0.05) is 42.5 Å². The van der Waals surface area contributed by atoms with Crippen molar-refractivity contribution < 1.29 is 23.8 Å². The first-order valence-corrected chi connectivity index (χ1v) is 9.99. The fraction of sp³-hybridized carbons (Fsp3) is 0.208. The Balaban J connectivity index is 1.63. The highest BCUT2D eigenvalue weighted by Crippen LogP contribution is 2.30. The Labute approximate surface area is 186 Å². The van der Waals surface area contributed by atoms with E-state index in [-0.39, 0.29) is 12.4 Å². The molecule has 2 aromatic carbocycles. The molecule has 1 heterocycles. The standard InChI is InChI=1S/C24H25N3O5/c1-24(2,3)32-23(29)27-21-15-18(13-14-25-21)31-20-12-8-7-11-19(20)26-22(28)30-16-17-9-5-4-6-10-17/h4-15H,16H2,1-3H3,(H,26,28)(H,25,27,29). The van der Waals surface area contributed by atoms with Crippen LogP contribution in [0.4, 0.5) is 21.1 Å². The smallest absolute Gasteiger partial charge is 0.413 e. The second-order valence-electron chi connectivity index (χ2n) is 7.79. The topological polar surface area (TPSA) is 98.8 Å². The maximum absolute atomic E-state index is 12.2. The van der Waals surface area contributed by atoms with Crippen molar-refractivity contribution in [1.29, 1.82) is 0 Å². The lowest BCUT2D eigenvalue weighted by Crippen LogP contribution is -2.27. The van der Waals surface area contributed by atoms with Crippen LogP contribution in [0.2, 0.25) is 0 Å². The Morgan fingerprint density at radius 1 is 0.906 bits per heavy atom. The zero-order chi connectivity index (χ0) is 23.0. The highest BCUT2D eigenvalue weighted by atomic mass is 16.6. The van der Waals surface area contributed by atoms with Crippen LogP contribution in [0.1, 0.15) is 26.3 Å². The summed E-state index contributed by atoms with van der Waals surface area (Å²) in [4.78, 5) is 28.3. The highest BCUT2D eigenvalue weighted by Gasteiger charge is 2.17.